The molecule has 0 aliphatic heterocycles. The maximum absolute atomic E-state index is 12.4. The highest BCUT2D eigenvalue weighted by molar-refractivity contribution is 5.95. The zero-order chi connectivity index (χ0) is 19.4. The number of alkyl carbamates (subject to hydrolysis) is 1. The summed E-state index contributed by atoms with van der Waals surface area (Å²) in [6.07, 6.45) is 1.07. The van der Waals surface area contributed by atoms with Gasteiger partial charge in [-0.25, -0.2) is 4.79 Å². The van der Waals surface area contributed by atoms with Crippen molar-refractivity contribution in [1.29, 1.82) is 0 Å². The Bertz CT molecular complexity index is 853. The number of amides is 2. The van der Waals surface area contributed by atoms with E-state index >= 15 is 0 Å². The van der Waals surface area contributed by atoms with Gasteiger partial charge in [-0.15, -0.1) is 0 Å². The maximum Gasteiger partial charge on any atom is 0.407 e. The lowest BCUT2D eigenvalue weighted by molar-refractivity contribution is 0.0527. The van der Waals surface area contributed by atoms with Crippen molar-refractivity contribution in [1.82, 2.24) is 10.6 Å². The molecule has 0 bridgehead atoms. The molecular formula is C22H26N2O3. The fourth-order valence-electron chi connectivity index (χ4n) is 3.18. The molecule has 2 aromatic carbocycles. The molecule has 2 aromatic rings. The number of carbonyl (C=O) groups is 2. The van der Waals surface area contributed by atoms with Crippen LogP contribution in [0.5, 0.6) is 0 Å². The summed E-state index contributed by atoms with van der Waals surface area (Å²) in [7, 11) is 0. The molecule has 3 rings (SSSR count). The van der Waals surface area contributed by atoms with Gasteiger partial charge in [0.05, 0.1) is 0 Å². The molecular weight excluding hydrogens is 340 g/mol. The highest BCUT2D eigenvalue weighted by atomic mass is 16.6. The van der Waals surface area contributed by atoms with Gasteiger partial charge < -0.3 is 15.4 Å². The quantitative estimate of drug-likeness (QED) is 0.673. The van der Waals surface area contributed by atoms with Crippen LogP contribution in [-0.4, -0.2) is 30.7 Å². The lowest BCUT2D eigenvalue weighted by atomic mass is 10.0. The first-order chi connectivity index (χ1) is 12.8. The summed E-state index contributed by atoms with van der Waals surface area (Å²) >= 11 is 0. The van der Waals surface area contributed by atoms with E-state index in [2.05, 4.69) is 22.8 Å². The number of hydrogen-bond donors (Lipinski definition) is 2. The van der Waals surface area contributed by atoms with E-state index in [1.165, 1.54) is 22.3 Å². The summed E-state index contributed by atoms with van der Waals surface area (Å²) in [6.45, 7) is 6.41. The summed E-state index contributed by atoms with van der Waals surface area (Å²) in [5, 5.41) is 5.59. The topological polar surface area (TPSA) is 67.4 Å². The summed E-state index contributed by atoms with van der Waals surface area (Å²) in [5.41, 5.74) is 5.12. The number of hydrogen-bond acceptors (Lipinski definition) is 3. The van der Waals surface area contributed by atoms with Crippen LogP contribution in [-0.2, 0) is 11.2 Å². The van der Waals surface area contributed by atoms with E-state index in [-0.39, 0.29) is 5.91 Å². The van der Waals surface area contributed by atoms with E-state index in [0.717, 1.165) is 6.42 Å². The molecule has 0 heterocycles. The molecule has 27 heavy (non-hydrogen) atoms. The molecule has 0 unspecified atom stereocenters. The van der Waals surface area contributed by atoms with Crippen LogP contribution in [0.15, 0.2) is 42.5 Å². The average molecular weight is 366 g/mol. The number of benzene rings is 2. The molecule has 0 atom stereocenters. The molecule has 142 valence electrons. The van der Waals surface area contributed by atoms with Crippen molar-refractivity contribution < 1.29 is 14.3 Å². The van der Waals surface area contributed by atoms with E-state index < -0.39 is 11.7 Å². The predicted octanol–water partition coefficient (Wildman–Crippen LogP) is 3.90. The minimum absolute atomic E-state index is 0.0916. The van der Waals surface area contributed by atoms with Gasteiger partial charge in [-0.2, -0.15) is 0 Å². The number of rotatable bonds is 5. The van der Waals surface area contributed by atoms with Crippen molar-refractivity contribution in [3.05, 3.63) is 59.2 Å². The van der Waals surface area contributed by atoms with E-state index in [1.807, 2.05) is 51.1 Å². The second-order valence-electron chi connectivity index (χ2n) is 7.74. The van der Waals surface area contributed by atoms with Gasteiger partial charge in [0.1, 0.15) is 5.60 Å². The van der Waals surface area contributed by atoms with E-state index in [9.17, 15) is 9.59 Å². The van der Waals surface area contributed by atoms with E-state index in [0.29, 0.717) is 25.1 Å². The first-order valence-corrected chi connectivity index (χ1v) is 9.30. The average Bonchev–Trinajstić information content (AvgIpc) is 2.97. The normalized spacial score (nSPS) is 12.1. The van der Waals surface area contributed by atoms with Crippen LogP contribution >= 0.6 is 0 Å². The first-order valence-electron chi connectivity index (χ1n) is 9.30. The van der Waals surface area contributed by atoms with E-state index in [1.54, 1.807) is 0 Å². The number of carbonyl (C=O) groups excluding carboxylic acids is 2. The van der Waals surface area contributed by atoms with Crippen molar-refractivity contribution in [3.8, 4) is 11.1 Å². The second-order valence-corrected chi connectivity index (χ2v) is 7.74. The summed E-state index contributed by atoms with van der Waals surface area (Å²) in [5.74, 6) is -0.0916. The molecule has 2 amide bonds. The van der Waals surface area contributed by atoms with Gasteiger partial charge in [0.2, 0.25) is 0 Å². The van der Waals surface area contributed by atoms with E-state index in [4.69, 9.17) is 4.74 Å². The molecule has 0 saturated carbocycles. The fraction of sp³-hybridized carbons (Fsp3) is 0.364. The SMILES string of the molecule is CC(C)(C)OC(=O)NCCCNC(=O)c1ccc2c(c1)Cc1ccccc1-2. The zero-order valence-electron chi connectivity index (χ0n) is 16.1. The Hall–Kier alpha value is -2.82. The summed E-state index contributed by atoms with van der Waals surface area (Å²) in [6, 6.07) is 14.2. The molecule has 2 N–H and O–H groups in total. The molecule has 0 radical (unpaired) electrons. The number of ether oxygens (including phenoxy) is 1. The van der Waals surface area contributed by atoms with Crippen LogP contribution in [0.1, 0.15) is 48.7 Å². The van der Waals surface area contributed by atoms with Gasteiger partial charge in [-0.3, -0.25) is 4.79 Å². The summed E-state index contributed by atoms with van der Waals surface area (Å²) in [4.78, 5) is 23.9. The lowest BCUT2D eigenvalue weighted by Crippen LogP contribution is -2.34. The van der Waals surface area contributed by atoms with Crippen molar-refractivity contribution in [2.24, 2.45) is 0 Å². The highest BCUT2D eigenvalue weighted by Gasteiger charge is 2.19. The van der Waals surface area contributed by atoms with Crippen LogP contribution in [0.2, 0.25) is 0 Å². The van der Waals surface area contributed by atoms with Gasteiger partial charge in [-0.1, -0.05) is 30.3 Å². The van der Waals surface area contributed by atoms with Gasteiger partial charge in [-0.05, 0) is 68.0 Å². The second kappa shape index (κ2) is 7.82. The van der Waals surface area contributed by atoms with Crippen molar-refractivity contribution in [2.45, 2.75) is 39.2 Å². The molecule has 0 fully saturated rings. The third-order valence-corrected chi connectivity index (χ3v) is 4.36. The largest absolute Gasteiger partial charge is 0.444 e. The molecule has 1 aliphatic rings. The Morgan fingerprint density at radius 3 is 2.44 bits per heavy atom. The third kappa shape index (κ3) is 4.88. The summed E-state index contributed by atoms with van der Waals surface area (Å²) < 4.78 is 5.17. The maximum atomic E-state index is 12.4. The number of fused-ring (bicyclic) bond motifs is 3. The Labute approximate surface area is 160 Å². The van der Waals surface area contributed by atoms with Crippen LogP contribution < -0.4 is 10.6 Å². The van der Waals surface area contributed by atoms with Crippen LogP contribution in [0.4, 0.5) is 4.79 Å². The Morgan fingerprint density at radius 2 is 1.67 bits per heavy atom. The Morgan fingerprint density at radius 1 is 0.963 bits per heavy atom. The van der Waals surface area contributed by atoms with Crippen molar-refractivity contribution in [3.63, 3.8) is 0 Å². The highest BCUT2D eigenvalue weighted by Crippen LogP contribution is 2.36. The minimum atomic E-state index is -0.508. The minimum Gasteiger partial charge on any atom is -0.444 e. The molecule has 5 nitrogen and oxygen atoms in total. The van der Waals surface area contributed by atoms with Crippen LogP contribution in [0.3, 0.4) is 0 Å². The molecule has 0 saturated heterocycles. The fourth-order valence-corrected chi connectivity index (χ4v) is 3.18. The van der Waals surface area contributed by atoms with Crippen molar-refractivity contribution >= 4 is 12.0 Å². The lowest BCUT2D eigenvalue weighted by Gasteiger charge is -2.19. The Balaban J connectivity index is 1.46. The van der Waals surface area contributed by atoms with Crippen LogP contribution in [0.25, 0.3) is 11.1 Å². The predicted molar refractivity (Wildman–Crippen MR) is 106 cm³/mol. The zero-order valence-corrected chi connectivity index (χ0v) is 16.1. The van der Waals surface area contributed by atoms with Gasteiger partial charge >= 0.3 is 6.09 Å². The van der Waals surface area contributed by atoms with Crippen molar-refractivity contribution in [2.75, 3.05) is 13.1 Å². The van der Waals surface area contributed by atoms with Gasteiger partial charge in [0.25, 0.3) is 5.91 Å². The molecule has 1 aliphatic carbocycles. The monoisotopic (exact) mass is 366 g/mol. The van der Waals surface area contributed by atoms with Gasteiger partial charge in [0, 0.05) is 18.7 Å². The number of nitrogens with one attached hydrogen (secondary N) is 2. The Kier molecular flexibility index (Phi) is 5.49. The van der Waals surface area contributed by atoms with Gasteiger partial charge in [0.15, 0.2) is 0 Å². The van der Waals surface area contributed by atoms with Crippen LogP contribution in [0, 0.1) is 0 Å². The first kappa shape index (κ1) is 19.0. The molecule has 5 heteroatoms. The molecule has 0 spiro atoms. The smallest absolute Gasteiger partial charge is 0.407 e. The standard InChI is InChI=1S/C22H26N2O3/c1-22(2,3)27-21(26)24-12-6-11-23-20(25)16-9-10-19-17(14-16)13-15-7-4-5-8-18(15)19/h4-5,7-10,14H,6,11-13H2,1-3H3,(H,23,25)(H,24,26). The third-order valence-electron chi connectivity index (χ3n) is 4.36. The molecule has 0 aromatic heterocycles.